The van der Waals surface area contributed by atoms with Crippen LogP contribution in [0.4, 0.5) is 0 Å². The Morgan fingerprint density at radius 1 is 1.00 bits per heavy atom. The monoisotopic (exact) mass is 205 g/mol. The van der Waals surface area contributed by atoms with E-state index >= 15 is 0 Å². The molecule has 16 heavy (non-hydrogen) atoms. The molecule has 0 fully saturated rings. The lowest BCUT2D eigenvalue weighted by molar-refractivity contribution is 1.26. The summed E-state index contributed by atoms with van der Waals surface area (Å²) >= 11 is 0. The summed E-state index contributed by atoms with van der Waals surface area (Å²) in [6.07, 6.45) is 5.03. The van der Waals surface area contributed by atoms with Gasteiger partial charge in [-0.15, -0.1) is 0 Å². The van der Waals surface area contributed by atoms with Crippen LogP contribution < -0.4 is 0 Å². The molecule has 2 aromatic rings. The molecule has 0 saturated carbocycles. The first kappa shape index (κ1) is 8.81. The van der Waals surface area contributed by atoms with Gasteiger partial charge in [-0.05, 0) is 12.1 Å². The van der Waals surface area contributed by atoms with Crippen LogP contribution >= 0.6 is 0 Å². The molecule has 1 aliphatic rings. The molecule has 2 heterocycles. The van der Waals surface area contributed by atoms with Gasteiger partial charge >= 0.3 is 0 Å². The molecule has 0 aliphatic heterocycles. The summed E-state index contributed by atoms with van der Waals surface area (Å²) in [5.74, 6) is 0. The Labute approximate surface area is 92.7 Å². The van der Waals surface area contributed by atoms with E-state index in [-0.39, 0.29) is 0 Å². The van der Waals surface area contributed by atoms with E-state index in [0.29, 0.717) is 0 Å². The quantitative estimate of drug-likeness (QED) is 0.529. The van der Waals surface area contributed by atoms with Gasteiger partial charge in [0, 0.05) is 35.2 Å². The second-order valence-electron chi connectivity index (χ2n) is 3.49. The molecule has 3 heteroatoms. The van der Waals surface area contributed by atoms with Gasteiger partial charge < -0.3 is 0 Å². The minimum atomic E-state index is 0.861. The van der Waals surface area contributed by atoms with E-state index in [0.717, 1.165) is 28.1 Å². The van der Waals surface area contributed by atoms with Gasteiger partial charge in [-0.2, -0.15) is 5.26 Å². The van der Waals surface area contributed by atoms with E-state index in [9.17, 15) is 0 Å². The molecular weight excluding hydrogens is 198 g/mol. The molecule has 0 saturated heterocycles. The van der Waals surface area contributed by atoms with Crippen molar-refractivity contribution in [1.82, 2.24) is 9.97 Å². The fourth-order valence-electron chi connectivity index (χ4n) is 1.99. The van der Waals surface area contributed by atoms with Crippen LogP contribution in [0.2, 0.25) is 0 Å². The lowest BCUT2D eigenvalue weighted by atomic mass is 10.1. The van der Waals surface area contributed by atoms with Gasteiger partial charge in [0.15, 0.2) is 0 Å². The molecule has 0 radical (unpaired) electrons. The normalized spacial score (nSPS) is 11.6. The van der Waals surface area contributed by atoms with Gasteiger partial charge in [-0.1, -0.05) is 12.1 Å². The van der Waals surface area contributed by atoms with Crippen LogP contribution in [0.1, 0.15) is 11.1 Å². The third kappa shape index (κ3) is 1.07. The molecule has 3 rings (SSSR count). The van der Waals surface area contributed by atoms with Crippen LogP contribution in [0.5, 0.6) is 0 Å². The van der Waals surface area contributed by atoms with Gasteiger partial charge in [0.1, 0.15) is 0 Å². The largest absolute Gasteiger partial charge is 0.254 e. The van der Waals surface area contributed by atoms with Gasteiger partial charge in [-0.3, -0.25) is 9.97 Å². The minimum absolute atomic E-state index is 0.861. The van der Waals surface area contributed by atoms with Crippen LogP contribution in [-0.4, -0.2) is 9.97 Å². The highest BCUT2D eigenvalue weighted by atomic mass is 14.8. The number of nitriles is 1. The Morgan fingerprint density at radius 3 is 2.06 bits per heavy atom. The van der Waals surface area contributed by atoms with Crippen molar-refractivity contribution in [2.75, 3.05) is 0 Å². The highest BCUT2D eigenvalue weighted by Gasteiger charge is 2.24. The standard InChI is InChI=1S/C13H7N3/c14-6-5-9-10-3-1-7-15-12(10)13-11(9)4-2-8-16-13/h1-5,7-8H. The predicted octanol–water partition coefficient (Wildman–Crippen LogP) is 2.41. The number of fused-ring (bicyclic) bond motifs is 3. The molecule has 0 atom stereocenters. The van der Waals surface area contributed by atoms with Crippen molar-refractivity contribution in [2.24, 2.45) is 0 Å². The number of nitrogens with zero attached hydrogens (tertiary/aromatic N) is 3. The Morgan fingerprint density at radius 2 is 1.56 bits per heavy atom. The second kappa shape index (κ2) is 3.28. The van der Waals surface area contributed by atoms with Gasteiger partial charge in [-0.25, -0.2) is 0 Å². The molecule has 74 valence electrons. The van der Waals surface area contributed by atoms with Crippen molar-refractivity contribution in [2.45, 2.75) is 0 Å². The van der Waals surface area contributed by atoms with E-state index < -0.39 is 0 Å². The maximum absolute atomic E-state index is 8.81. The Bertz CT molecular complexity index is 588. The summed E-state index contributed by atoms with van der Waals surface area (Å²) in [5, 5.41) is 8.81. The summed E-state index contributed by atoms with van der Waals surface area (Å²) in [4.78, 5) is 8.64. The van der Waals surface area contributed by atoms with Gasteiger partial charge in [0.25, 0.3) is 0 Å². The maximum Gasteiger partial charge on any atom is 0.0971 e. The van der Waals surface area contributed by atoms with Crippen LogP contribution in [0.15, 0.2) is 42.7 Å². The summed E-state index contributed by atoms with van der Waals surface area (Å²) < 4.78 is 0. The molecular formula is C13H7N3. The molecule has 0 spiro atoms. The zero-order valence-electron chi connectivity index (χ0n) is 8.38. The number of pyridine rings is 2. The SMILES string of the molecule is N#CC=C1c2cccnc2-c2ncccc21. The van der Waals surface area contributed by atoms with Crippen molar-refractivity contribution in [1.29, 1.82) is 5.26 Å². The fraction of sp³-hybridized carbons (Fsp3) is 0. The van der Waals surface area contributed by atoms with E-state index in [1.807, 2.05) is 24.3 Å². The summed E-state index contributed by atoms with van der Waals surface area (Å²) in [6.45, 7) is 0. The zero-order valence-corrected chi connectivity index (χ0v) is 8.38. The maximum atomic E-state index is 8.81. The fourth-order valence-corrected chi connectivity index (χ4v) is 1.99. The average molecular weight is 205 g/mol. The Hall–Kier alpha value is -2.47. The summed E-state index contributed by atoms with van der Waals surface area (Å²) in [5.41, 5.74) is 4.60. The second-order valence-corrected chi connectivity index (χ2v) is 3.49. The topological polar surface area (TPSA) is 49.6 Å². The van der Waals surface area contributed by atoms with Crippen molar-refractivity contribution < 1.29 is 0 Å². The molecule has 0 bridgehead atoms. The third-order valence-corrected chi connectivity index (χ3v) is 2.63. The number of aromatic nitrogens is 2. The number of rotatable bonds is 0. The third-order valence-electron chi connectivity index (χ3n) is 2.63. The molecule has 3 nitrogen and oxygen atoms in total. The summed E-state index contributed by atoms with van der Waals surface area (Å²) in [7, 11) is 0. The first-order valence-electron chi connectivity index (χ1n) is 4.93. The molecule has 1 aliphatic carbocycles. The van der Waals surface area contributed by atoms with Crippen molar-refractivity contribution in [3.63, 3.8) is 0 Å². The van der Waals surface area contributed by atoms with Crippen molar-refractivity contribution >= 4 is 5.57 Å². The molecule has 0 N–H and O–H groups in total. The number of allylic oxidation sites excluding steroid dienone is 1. The van der Waals surface area contributed by atoms with Crippen LogP contribution in [-0.2, 0) is 0 Å². The smallest absolute Gasteiger partial charge is 0.0971 e. The molecule has 2 aromatic heterocycles. The lowest BCUT2D eigenvalue weighted by Crippen LogP contribution is -1.84. The molecule has 0 aromatic carbocycles. The predicted molar refractivity (Wildman–Crippen MR) is 60.2 cm³/mol. The van der Waals surface area contributed by atoms with Crippen molar-refractivity contribution in [3.8, 4) is 17.5 Å². The van der Waals surface area contributed by atoms with Crippen LogP contribution in [0, 0.1) is 11.3 Å². The highest BCUT2D eigenvalue weighted by molar-refractivity contribution is 5.98. The molecule has 0 amide bonds. The highest BCUT2D eigenvalue weighted by Crippen LogP contribution is 2.40. The first-order valence-corrected chi connectivity index (χ1v) is 4.93. The molecule has 0 unspecified atom stereocenters. The van der Waals surface area contributed by atoms with Crippen LogP contribution in [0.3, 0.4) is 0 Å². The minimum Gasteiger partial charge on any atom is -0.254 e. The zero-order chi connectivity index (χ0) is 11.0. The Kier molecular flexibility index (Phi) is 1.81. The number of hydrogen-bond acceptors (Lipinski definition) is 3. The van der Waals surface area contributed by atoms with E-state index in [1.54, 1.807) is 18.5 Å². The van der Waals surface area contributed by atoms with E-state index in [4.69, 9.17) is 5.26 Å². The van der Waals surface area contributed by atoms with Gasteiger partial charge in [0.2, 0.25) is 0 Å². The van der Waals surface area contributed by atoms with Crippen molar-refractivity contribution in [3.05, 3.63) is 53.9 Å². The van der Waals surface area contributed by atoms with Crippen LogP contribution in [0.25, 0.3) is 17.0 Å². The van der Waals surface area contributed by atoms with Gasteiger partial charge in [0.05, 0.1) is 17.5 Å². The first-order chi connectivity index (χ1) is 7.92. The lowest BCUT2D eigenvalue weighted by Gasteiger charge is -1.97. The van der Waals surface area contributed by atoms with E-state index in [1.165, 1.54) is 0 Å². The van der Waals surface area contributed by atoms with E-state index in [2.05, 4.69) is 16.0 Å². The summed E-state index contributed by atoms with van der Waals surface area (Å²) in [6, 6.07) is 9.75. The Balaban J connectivity index is 2.40. The average Bonchev–Trinajstić information content (AvgIpc) is 2.66. The number of hydrogen-bond donors (Lipinski definition) is 0.